The molecule has 0 saturated heterocycles. The molecule has 1 aliphatic rings. The Bertz CT molecular complexity index is 358. The van der Waals surface area contributed by atoms with Crippen LogP contribution < -0.4 is 5.32 Å². The topological polar surface area (TPSA) is 32.3 Å². The van der Waals surface area contributed by atoms with E-state index in [0.29, 0.717) is 17.2 Å². The summed E-state index contributed by atoms with van der Waals surface area (Å²) < 4.78 is 0. The first-order valence-electron chi connectivity index (χ1n) is 6.11. The lowest BCUT2D eigenvalue weighted by atomic mass is 9.70. The van der Waals surface area contributed by atoms with Gasteiger partial charge < -0.3 is 10.4 Å². The Hall–Kier alpha value is -1.02. The van der Waals surface area contributed by atoms with Gasteiger partial charge in [-0.15, -0.1) is 0 Å². The van der Waals surface area contributed by atoms with Gasteiger partial charge in [0.1, 0.15) is 5.75 Å². The second-order valence-corrected chi connectivity index (χ2v) is 5.36. The van der Waals surface area contributed by atoms with Crippen LogP contribution in [-0.4, -0.2) is 11.7 Å². The van der Waals surface area contributed by atoms with E-state index in [2.05, 4.69) is 25.2 Å². The molecule has 0 aliphatic heterocycles. The van der Waals surface area contributed by atoms with Gasteiger partial charge in [-0.25, -0.2) is 0 Å². The number of rotatable bonds is 4. The number of benzene rings is 1. The molecule has 0 spiro atoms. The number of hydrogen-bond acceptors (Lipinski definition) is 2. The Morgan fingerprint density at radius 3 is 2.75 bits per heavy atom. The lowest BCUT2D eigenvalue weighted by Crippen LogP contribution is -2.38. The molecule has 1 saturated carbocycles. The molecule has 1 aromatic rings. The van der Waals surface area contributed by atoms with E-state index in [-0.39, 0.29) is 0 Å². The number of phenols is 1. The van der Waals surface area contributed by atoms with Gasteiger partial charge in [0.25, 0.3) is 0 Å². The van der Waals surface area contributed by atoms with E-state index < -0.39 is 0 Å². The van der Waals surface area contributed by atoms with Crippen molar-refractivity contribution < 1.29 is 5.11 Å². The largest absolute Gasteiger partial charge is 0.508 e. The predicted molar refractivity (Wildman–Crippen MR) is 66.5 cm³/mol. The molecule has 1 aromatic carbocycles. The summed E-state index contributed by atoms with van der Waals surface area (Å²) in [6, 6.07) is 7.81. The quantitative estimate of drug-likeness (QED) is 0.815. The molecule has 1 fully saturated rings. The summed E-state index contributed by atoms with van der Waals surface area (Å²) in [6.45, 7) is 5.57. The smallest absolute Gasteiger partial charge is 0.115 e. The summed E-state index contributed by atoms with van der Waals surface area (Å²) in [4.78, 5) is 0. The molecule has 2 rings (SSSR count). The van der Waals surface area contributed by atoms with Crippen LogP contribution in [0.15, 0.2) is 24.3 Å². The SMILES string of the molecule is CC(NCC1(C)CCC1)c1cccc(O)c1. The van der Waals surface area contributed by atoms with Crippen molar-refractivity contribution >= 4 is 0 Å². The molecule has 2 heteroatoms. The number of aromatic hydroxyl groups is 1. The maximum Gasteiger partial charge on any atom is 0.115 e. The highest BCUT2D eigenvalue weighted by molar-refractivity contribution is 5.29. The van der Waals surface area contributed by atoms with E-state index in [0.717, 1.165) is 12.1 Å². The number of phenolic OH excluding ortho intramolecular Hbond substituents is 1. The third kappa shape index (κ3) is 2.56. The maximum atomic E-state index is 9.42. The Kier molecular flexibility index (Phi) is 3.20. The minimum Gasteiger partial charge on any atom is -0.508 e. The van der Waals surface area contributed by atoms with E-state index in [1.54, 1.807) is 6.07 Å². The van der Waals surface area contributed by atoms with Crippen LogP contribution in [0, 0.1) is 5.41 Å². The van der Waals surface area contributed by atoms with Gasteiger partial charge in [0, 0.05) is 12.6 Å². The van der Waals surface area contributed by atoms with Gasteiger partial charge in [-0.05, 0) is 42.9 Å². The van der Waals surface area contributed by atoms with Gasteiger partial charge in [-0.2, -0.15) is 0 Å². The van der Waals surface area contributed by atoms with Crippen LogP contribution in [0.25, 0.3) is 0 Å². The Labute approximate surface area is 97.7 Å². The molecule has 0 amide bonds. The first-order chi connectivity index (χ1) is 7.59. The predicted octanol–water partition coefficient (Wildman–Crippen LogP) is 3.23. The monoisotopic (exact) mass is 219 g/mol. The average Bonchev–Trinajstić information content (AvgIpc) is 2.23. The highest BCUT2D eigenvalue weighted by Crippen LogP contribution is 2.39. The summed E-state index contributed by atoms with van der Waals surface area (Å²) in [6.07, 6.45) is 4.05. The highest BCUT2D eigenvalue weighted by atomic mass is 16.3. The van der Waals surface area contributed by atoms with E-state index in [1.807, 2.05) is 12.1 Å². The molecule has 2 nitrogen and oxygen atoms in total. The van der Waals surface area contributed by atoms with Crippen LogP contribution in [-0.2, 0) is 0 Å². The van der Waals surface area contributed by atoms with Gasteiger partial charge in [0.2, 0.25) is 0 Å². The highest BCUT2D eigenvalue weighted by Gasteiger charge is 2.31. The van der Waals surface area contributed by atoms with Crippen LogP contribution in [0.3, 0.4) is 0 Å². The Morgan fingerprint density at radius 2 is 2.19 bits per heavy atom. The summed E-state index contributed by atoms with van der Waals surface area (Å²) in [5, 5.41) is 13.0. The molecule has 2 N–H and O–H groups in total. The Balaban J connectivity index is 1.90. The van der Waals surface area contributed by atoms with Crippen LogP contribution in [0.1, 0.15) is 44.7 Å². The summed E-state index contributed by atoms with van der Waals surface area (Å²) >= 11 is 0. The first-order valence-corrected chi connectivity index (χ1v) is 6.11. The number of hydrogen-bond donors (Lipinski definition) is 2. The fourth-order valence-electron chi connectivity index (χ4n) is 2.27. The van der Waals surface area contributed by atoms with Crippen LogP contribution in [0.2, 0.25) is 0 Å². The minimum atomic E-state index is 0.310. The zero-order valence-electron chi connectivity index (χ0n) is 10.2. The van der Waals surface area contributed by atoms with Crippen molar-refractivity contribution in [1.29, 1.82) is 0 Å². The fourth-order valence-corrected chi connectivity index (χ4v) is 2.27. The second kappa shape index (κ2) is 4.46. The van der Waals surface area contributed by atoms with Gasteiger partial charge in [-0.1, -0.05) is 25.5 Å². The molecule has 1 unspecified atom stereocenters. The fraction of sp³-hybridized carbons (Fsp3) is 0.571. The Morgan fingerprint density at radius 1 is 1.44 bits per heavy atom. The zero-order valence-corrected chi connectivity index (χ0v) is 10.2. The van der Waals surface area contributed by atoms with E-state index >= 15 is 0 Å². The van der Waals surface area contributed by atoms with E-state index in [4.69, 9.17) is 0 Å². The molecule has 0 aromatic heterocycles. The van der Waals surface area contributed by atoms with Crippen molar-refractivity contribution in [2.24, 2.45) is 5.41 Å². The number of nitrogens with one attached hydrogen (secondary N) is 1. The third-order valence-electron chi connectivity index (χ3n) is 3.77. The molecular formula is C14H21NO. The van der Waals surface area contributed by atoms with Crippen molar-refractivity contribution in [3.8, 4) is 5.75 Å². The van der Waals surface area contributed by atoms with Gasteiger partial charge in [0.15, 0.2) is 0 Å². The van der Waals surface area contributed by atoms with Crippen molar-refractivity contribution in [1.82, 2.24) is 5.32 Å². The molecule has 16 heavy (non-hydrogen) atoms. The molecule has 88 valence electrons. The van der Waals surface area contributed by atoms with Crippen molar-refractivity contribution in [2.75, 3.05) is 6.54 Å². The summed E-state index contributed by atoms with van der Waals surface area (Å²) in [7, 11) is 0. The van der Waals surface area contributed by atoms with Crippen LogP contribution >= 0.6 is 0 Å². The zero-order chi connectivity index (χ0) is 11.6. The maximum absolute atomic E-state index is 9.42. The summed E-state index contributed by atoms with van der Waals surface area (Å²) in [5.74, 6) is 0.348. The third-order valence-corrected chi connectivity index (χ3v) is 3.77. The molecular weight excluding hydrogens is 198 g/mol. The van der Waals surface area contributed by atoms with E-state index in [1.165, 1.54) is 19.3 Å². The van der Waals surface area contributed by atoms with Gasteiger partial charge >= 0.3 is 0 Å². The molecule has 0 heterocycles. The molecule has 1 aliphatic carbocycles. The lowest BCUT2D eigenvalue weighted by molar-refractivity contribution is 0.152. The molecule has 1 atom stereocenters. The van der Waals surface area contributed by atoms with Crippen molar-refractivity contribution in [3.05, 3.63) is 29.8 Å². The normalized spacial score (nSPS) is 20.1. The van der Waals surface area contributed by atoms with Crippen molar-refractivity contribution in [2.45, 2.75) is 39.2 Å². The molecule has 0 radical (unpaired) electrons. The summed E-state index contributed by atoms with van der Waals surface area (Å²) in [5.41, 5.74) is 1.66. The average molecular weight is 219 g/mol. The minimum absolute atomic E-state index is 0.310. The van der Waals surface area contributed by atoms with Crippen LogP contribution in [0.5, 0.6) is 5.75 Å². The molecule has 0 bridgehead atoms. The standard InChI is InChI=1S/C14H21NO/c1-11(12-5-3-6-13(16)9-12)15-10-14(2)7-4-8-14/h3,5-6,9,11,15-16H,4,7-8,10H2,1-2H3. The van der Waals surface area contributed by atoms with Crippen molar-refractivity contribution in [3.63, 3.8) is 0 Å². The van der Waals surface area contributed by atoms with Gasteiger partial charge in [-0.3, -0.25) is 0 Å². The lowest BCUT2D eigenvalue weighted by Gasteiger charge is -2.39. The second-order valence-electron chi connectivity index (χ2n) is 5.36. The van der Waals surface area contributed by atoms with E-state index in [9.17, 15) is 5.11 Å². The first kappa shape index (κ1) is 11.5. The van der Waals surface area contributed by atoms with Crippen LogP contribution in [0.4, 0.5) is 0 Å². The van der Waals surface area contributed by atoms with Gasteiger partial charge in [0.05, 0.1) is 0 Å².